The molecule has 16 heavy (non-hydrogen) atoms. The largest absolute Gasteiger partial charge is 0.497 e. The Morgan fingerprint density at radius 2 is 1.81 bits per heavy atom. The molecule has 0 saturated heterocycles. The van der Waals surface area contributed by atoms with Crippen molar-refractivity contribution in [3.05, 3.63) is 54.3 Å². The molecule has 2 aromatic carbocycles. The molecule has 0 aliphatic heterocycles. The first-order valence-corrected chi connectivity index (χ1v) is 4.95. The first-order valence-electron chi connectivity index (χ1n) is 4.95. The minimum Gasteiger partial charge on any atom is -0.497 e. The maximum Gasteiger partial charge on any atom is 0.150 e. The van der Waals surface area contributed by atoms with Crippen LogP contribution in [0.5, 0.6) is 5.75 Å². The number of methoxy groups -OCH3 is 1. The third kappa shape index (κ3) is 2.31. The maximum absolute atomic E-state index is 13.6. The van der Waals surface area contributed by atoms with Crippen LogP contribution in [-0.2, 0) is 0 Å². The Morgan fingerprint density at radius 1 is 1.06 bits per heavy atom. The van der Waals surface area contributed by atoms with Gasteiger partial charge in [-0.2, -0.15) is 0 Å². The zero-order chi connectivity index (χ0) is 11.4. The summed E-state index contributed by atoms with van der Waals surface area (Å²) in [4.78, 5) is 0. The highest BCUT2D eigenvalue weighted by atomic mass is 19.1. The second kappa shape index (κ2) is 4.66. The van der Waals surface area contributed by atoms with Crippen molar-refractivity contribution in [1.82, 2.24) is 0 Å². The Bertz CT molecular complexity index is 471. The van der Waals surface area contributed by atoms with Crippen molar-refractivity contribution in [3.63, 3.8) is 0 Å². The van der Waals surface area contributed by atoms with Crippen LogP contribution in [0.25, 0.3) is 0 Å². The van der Waals surface area contributed by atoms with E-state index in [4.69, 9.17) is 4.74 Å². The number of hydrogen-bond acceptors (Lipinski definition) is 2. The van der Waals surface area contributed by atoms with Crippen molar-refractivity contribution in [2.24, 2.45) is 0 Å². The standard InChI is InChI=1S/C13H12FNO/c1-16-11-7-8-13(12(14)9-11)15-10-5-3-2-4-6-10/h2-9,15H,1H3. The summed E-state index contributed by atoms with van der Waals surface area (Å²) in [5.74, 6) is 0.180. The number of halogens is 1. The van der Waals surface area contributed by atoms with Gasteiger partial charge in [-0.25, -0.2) is 4.39 Å². The maximum atomic E-state index is 13.6. The summed E-state index contributed by atoms with van der Waals surface area (Å²) in [6.45, 7) is 0. The van der Waals surface area contributed by atoms with E-state index in [0.717, 1.165) is 5.69 Å². The van der Waals surface area contributed by atoms with Crippen LogP contribution in [-0.4, -0.2) is 7.11 Å². The third-order valence-corrected chi connectivity index (χ3v) is 2.23. The van der Waals surface area contributed by atoms with E-state index in [1.807, 2.05) is 30.3 Å². The summed E-state index contributed by atoms with van der Waals surface area (Å²) in [5, 5.41) is 2.99. The molecule has 0 atom stereocenters. The number of nitrogens with one attached hydrogen (secondary N) is 1. The molecule has 0 spiro atoms. The van der Waals surface area contributed by atoms with Gasteiger partial charge in [0.05, 0.1) is 12.8 Å². The Morgan fingerprint density at radius 3 is 2.44 bits per heavy atom. The molecule has 0 saturated carbocycles. The molecule has 0 heterocycles. The van der Waals surface area contributed by atoms with E-state index in [1.165, 1.54) is 13.2 Å². The molecule has 2 aromatic rings. The molecular formula is C13H12FNO. The summed E-state index contributed by atoms with van der Waals surface area (Å²) in [7, 11) is 1.51. The van der Waals surface area contributed by atoms with Gasteiger partial charge in [-0.15, -0.1) is 0 Å². The highest BCUT2D eigenvalue weighted by molar-refractivity contribution is 5.60. The number of para-hydroxylation sites is 1. The lowest BCUT2D eigenvalue weighted by molar-refractivity contribution is 0.411. The van der Waals surface area contributed by atoms with Crippen molar-refractivity contribution >= 4 is 11.4 Å². The molecule has 2 rings (SSSR count). The molecule has 3 heteroatoms. The molecule has 0 radical (unpaired) electrons. The zero-order valence-electron chi connectivity index (χ0n) is 8.91. The molecule has 82 valence electrons. The van der Waals surface area contributed by atoms with Crippen LogP contribution < -0.4 is 10.1 Å². The van der Waals surface area contributed by atoms with Crippen molar-refractivity contribution < 1.29 is 9.13 Å². The number of hydrogen-bond donors (Lipinski definition) is 1. The van der Waals surface area contributed by atoms with E-state index < -0.39 is 0 Å². The average Bonchev–Trinajstić information content (AvgIpc) is 2.33. The molecule has 0 bridgehead atoms. The van der Waals surface area contributed by atoms with Gasteiger partial charge in [0.1, 0.15) is 11.6 Å². The molecule has 2 nitrogen and oxygen atoms in total. The Balaban J connectivity index is 2.22. The van der Waals surface area contributed by atoms with E-state index in [0.29, 0.717) is 11.4 Å². The van der Waals surface area contributed by atoms with Gasteiger partial charge in [0.15, 0.2) is 0 Å². The summed E-state index contributed by atoms with van der Waals surface area (Å²) in [6.07, 6.45) is 0. The van der Waals surface area contributed by atoms with Gasteiger partial charge >= 0.3 is 0 Å². The van der Waals surface area contributed by atoms with Crippen LogP contribution in [0.2, 0.25) is 0 Å². The first-order chi connectivity index (χ1) is 7.79. The zero-order valence-corrected chi connectivity index (χ0v) is 8.91. The van der Waals surface area contributed by atoms with E-state index in [1.54, 1.807) is 12.1 Å². The van der Waals surface area contributed by atoms with E-state index >= 15 is 0 Å². The van der Waals surface area contributed by atoms with Crippen LogP contribution in [0.3, 0.4) is 0 Å². The fourth-order valence-electron chi connectivity index (χ4n) is 1.40. The predicted molar refractivity (Wildman–Crippen MR) is 62.7 cm³/mol. The smallest absolute Gasteiger partial charge is 0.150 e. The molecule has 1 N–H and O–H groups in total. The van der Waals surface area contributed by atoms with Gasteiger partial charge in [0, 0.05) is 11.8 Å². The van der Waals surface area contributed by atoms with Crippen LogP contribution >= 0.6 is 0 Å². The monoisotopic (exact) mass is 217 g/mol. The second-order valence-corrected chi connectivity index (χ2v) is 3.34. The fourth-order valence-corrected chi connectivity index (χ4v) is 1.40. The normalized spacial score (nSPS) is 9.88. The fraction of sp³-hybridized carbons (Fsp3) is 0.0769. The summed E-state index contributed by atoms with van der Waals surface area (Å²) in [6, 6.07) is 14.2. The van der Waals surface area contributed by atoms with E-state index in [-0.39, 0.29) is 5.82 Å². The Labute approximate surface area is 93.7 Å². The topological polar surface area (TPSA) is 21.3 Å². The highest BCUT2D eigenvalue weighted by Crippen LogP contribution is 2.23. The van der Waals surface area contributed by atoms with Crippen LogP contribution in [0.4, 0.5) is 15.8 Å². The minimum atomic E-state index is -0.330. The highest BCUT2D eigenvalue weighted by Gasteiger charge is 2.03. The van der Waals surface area contributed by atoms with E-state index in [9.17, 15) is 4.39 Å². The molecule has 0 aromatic heterocycles. The van der Waals surface area contributed by atoms with Gasteiger partial charge in [-0.05, 0) is 24.3 Å². The van der Waals surface area contributed by atoms with Crippen LogP contribution in [0.1, 0.15) is 0 Å². The first kappa shape index (κ1) is 10.5. The molecule has 0 amide bonds. The van der Waals surface area contributed by atoms with Gasteiger partial charge in [0.25, 0.3) is 0 Å². The Kier molecular flexibility index (Phi) is 3.05. The summed E-state index contributed by atoms with van der Waals surface area (Å²) in [5.41, 5.74) is 1.29. The molecular weight excluding hydrogens is 205 g/mol. The summed E-state index contributed by atoms with van der Waals surface area (Å²) >= 11 is 0. The average molecular weight is 217 g/mol. The molecule has 0 fully saturated rings. The van der Waals surface area contributed by atoms with Gasteiger partial charge in [-0.3, -0.25) is 0 Å². The SMILES string of the molecule is COc1ccc(Nc2ccccc2)c(F)c1. The van der Waals surface area contributed by atoms with Crippen molar-refractivity contribution in [2.45, 2.75) is 0 Å². The minimum absolute atomic E-state index is 0.330. The molecule has 0 aliphatic rings. The van der Waals surface area contributed by atoms with Crippen molar-refractivity contribution in [1.29, 1.82) is 0 Å². The second-order valence-electron chi connectivity index (χ2n) is 3.34. The lowest BCUT2D eigenvalue weighted by atomic mass is 10.2. The van der Waals surface area contributed by atoms with Crippen LogP contribution in [0, 0.1) is 5.82 Å². The number of rotatable bonds is 3. The lowest BCUT2D eigenvalue weighted by Crippen LogP contribution is -1.94. The number of anilines is 2. The lowest BCUT2D eigenvalue weighted by Gasteiger charge is -2.08. The molecule has 0 unspecified atom stereocenters. The van der Waals surface area contributed by atoms with Crippen molar-refractivity contribution in [3.8, 4) is 5.75 Å². The quantitative estimate of drug-likeness (QED) is 0.848. The Hall–Kier alpha value is -2.03. The van der Waals surface area contributed by atoms with Gasteiger partial charge < -0.3 is 10.1 Å². The third-order valence-electron chi connectivity index (χ3n) is 2.23. The number of ether oxygens (including phenoxy) is 1. The number of benzene rings is 2. The predicted octanol–water partition coefficient (Wildman–Crippen LogP) is 3.58. The van der Waals surface area contributed by atoms with E-state index in [2.05, 4.69) is 5.32 Å². The van der Waals surface area contributed by atoms with Gasteiger partial charge in [-0.1, -0.05) is 18.2 Å². The summed E-state index contributed by atoms with van der Waals surface area (Å²) < 4.78 is 18.5. The van der Waals surface area contributed by atoms with Crippen molar-refractivity contribution in [2.75, 3.05) is 12.4 Å². The van der Waals surface area contributed by atoms with Crippen LogP contribution in [0.15, 0.2) is 48.5 Å². The van der Waals surface area contributed by atoms with Gasteiger partial charge in [0.2, 0.25) is 0 Å². The molecule has 0 aliphatic carbocycles.